The van der Waals surface area contributed by atoms with Crippen LogP contribution in [0.5, 0.6) is 5.75 Å². The summed E-state index contributed by atoms with van der Waals surface area (Å²) in [7, 11) is 0. The van der Waals surface area contributed by atoms with Crippen molar-refractivity contribution in [3.05, 3.63) is 72.4 Å². The Balaban J connectivity index is 1.51. The van der Waals surface area contributed by atoms with Crippen molar-refractivity contribution in [3.63, 3.8) is 0 Å². The van der Waals surface area contributed by atoms with Gasteiger partial charge in [-0.2, -0.15) is 0 Å². The molecule has 2 amide bonds. The van der Waals surface area contributed by atoms with Crippen molar-refractivity contribution in [1.29, 1.82) is 0 Å². The van der Waals surface area contributed by atoms with E-state index in [0.717, 1.165) is 5.56 Å². The SMILES string of the molecule is CCOc1ccc(C(=O)NCC(=O)NCc2cccnc2-n2ccnc2)cc1. The molecular formula is C20H21N5O3. The number of hydrogen-bond donors (Lipinski definition) is 2. The zero-order valence-electron chi connectivity index (χ0n) is 15.5. The zero-order chi connectivity index (χ0) is 19.8. The predicted octanol–water partition coefficient (Wildman–Crippen LogP) is 1.71. The Labute approximate surface area is 162 Å². The topological polar surface area (TPSA) is 98.1 Å². The van der Waals surface area contributed by atoms with Gasteiger partial charge in [-0.15, -0.1) is 0 Å². The number of imidazole rings is 1. The van der Waals surface area contributed by atoms with E-state index in [0.29, 0.717) is 30.3 Å². The lowest BCUT2D eigenvalue weighted by Gasteiger charge is -2.11. The van der Waals surface area contributed by atoms with Gasteiger partial charge in [0.2, 0.25) is 5.91 Å². The molecule has 144 valence electrons. The minimum atomic E-state index is -0.321. The molecule has 2 aromatic heterocycles. The van der Waals surface area contributed by atoms with Gasteiger partial charge >= 0.3 is 0 Å². The molecule has 3 rings (SSSR count). The van der Waals surface area contributed by atoms with Gasteiger partial charge in [-0.1, -0.05) is 6.07 Å². The lowest BCUT2D eigenvalue weighted by molar-refractivity contribution is -0.120. The Kier molecular flexibility index (Phi) is 6.35. The fourth-order valence-corrected chi connectivity index (χ4v) is 2.57. The molecule has 8 nitrogen and oxygen atoms in total. The predicted molar refractivity (Wildman–Crippen MR) is 103 cm³/mol. The molecule has 0 atom stereocenters. The number of benzene rings is 1. The molecule has 0 saturated carbocycles. The lowest BCUT2D eigenvalue weighted by Crippen LogP contribution is -2.36. The van der Waals surface area contributed by atoms with E-state index in [1.807, 2.05) is 13.0 Å². The molecule has 0 saturated heterocycles. The zero-order valence-corrected chi connectivity index (χ0v) is 15.5. The standard InChI is InChI=1S/C20H21N5O3/c1-2-28-17-7-5-15(6-8-17)20(27)24-13-18(26)23-12-16-4-3-9-22-19(16)25-11-10-21-14-25/h3-11,14H,2,12-13H2,1H3,(H,23,26)(H,24,27). The van der Waals surface area contributed by atoms with E-state index in [9.17, 15) is 9.59 Å². The Morgan fingerprint density at radius 2 is 1.93 bits per heavy atom. The first-order chi connectivity index (χ1) is 13.7. The molecule has 0 aliphatic heterocycles. The summed E-state index contributed by atoms with van der Waals surface area (Å²) in [5.74, 6) is 0.777. The summed E-state index contributed by atoms with van der Waals surface area (Å²) in [6.07, 6.45) is 6.76. The molecule has 8 heteroatoms. The Morgan fingerprint density at radius 1 is 1.11 bits per heavy atom. The van der Waals surface area contributed by atoms with E-state index in [1.165, 1.54) is 0 Å². The highest BCUT2D eigenvalue weighted by molar-refractivity contribution is 5.96. The van der Waals surface area contributed by atoms with Crippen molar-refractivity contribution < 1.29 is 14.3 Å². The van der Waals surface area contributed by atoms with E-state index in [-0.39, 0.29) is 18.4 Å². The molecule has 2 N–H and O–H groups in total. The summed E-state index contributed by atoms with van der Waals surface area (Å²) in [6.45, 7) is 2.63. The van der Waals surface area contributed by atoms with E-state index in [1.54, 1.807) is 59.8 Å². The van der Waals surface area contributed by atoms with Gasteiger partial charge in [-0.3, -0.25) is 14.2 Å². The number of carbonyl (C=O) groups excluding carboxylic acids is 2. The van der Waals surface area contributed by atoms with Crippen LogP contribution >= 0.6 is 0 Å². The molecule has 0 bridgehead atoms. The summed E-state index contributed by atoms with van der Waals surface area (Å²) in [4.78, 5) is 32.6. The van der Waals surface area contributed by atoms with E-state index >= 15 is 0 Å². The van der Waals surface area contributed by atoms with Crippen LogP contribution in [0.4, 0.5) is 0 Å². The first-order valence-electron chi connectivity index (χ1n) is 8.87. The second kappa shape index (κ2) is 9.31. The second-order valence-electron chi connectivity index (χ2n) is 5.87. The minimum absolute atomic E-state index is 0.118. The third-order valence-electron chi connectivity index (χ3n) is 3.93. The molecule has 0 aliphatic rings. The molecule has 0 unspecified atom stereocenters. The van der Waals surface area contributed by atoms with Gasteiger partial charge in [0.05, 0.1) is 13.2 Å². The van der Waals surface area contributed by atoms with Gasteiger partial charge < -0.3 is 15.4 Å². The largest absolute Gasteiger partial charge is 0.494 e. The van der Waals surface area contributed by atoms with Crippen LogP contribution in [0.25, 0.3) is 5.82 Å². The van der Waals surface area contributed by atoms with Crippen LogP contribution in [-0.2, 0) is 11.3 Å². The van der Waals surface area contributed by atoms with Crippen molar-refractivity contribution in [1.82, 2.24) is 25.2 Å². The maximum atomic E-state index is 12.1. The molecule has 28 heavy (non-hydrogen) atoms. The first-order valence-corrected chi connectivity index (χ1v) is 8.87. The van der Waals surface area contributed by atoms with Crippen LogP contribution in [0.2, 0.25) is 0 Å². The van der Waals surface area contributed by atoms with Crippen LogP contribution < -0.4 is 15.4 Å². The van der Waals surface area contributed by atoms with Crippen molar-refractivity contribution in [2.45, 2.75) is 13.5 Å². The van der Waals surface area contributed by atoms with E-state index in [4.69, 9.17) is 4.74 Å². The summed E-state index contributed by atoms with van der Waals surface area (Å²) >= 11 is 0. The monoisotopic (exact) mass is 379 g/mol. The average molecular weight is 379 g/mol. The molecule has 0 spiro atoms. The lowest BCUT2D eigenvalue weighted by atomic mass is 10.2. The number of amides is 2. The maximum Gasteiger partial charge on any atom is 0.251 e. The molecule has 0 fully saturated rings. The highest BCUT2D eigenvalue weighted by atomic mass is 16.5. The number of pyridine rings is 1. The molecule has 1 aromatic carbocycles. The van der Waals surface area contributed by atoms with Gasteiger partial charge in [-0.05, 0) is 37.3 Å². The van der Waals surface area contributed by atoms with Gasteiger partial charge in [0.1, 0.15) is 17.9 Å². The van der Waals surface area contributed by atoms with Crippen molar-refractivity contribution in [2.75, 3.05) is 13.2 Å². The highest BCUT2D eigenvalue weighted by Gasteiger charge is 2.10. The molecule has 0 radical (unpaired) electrons. The summed E-state index contributed by atoms with van der Waals surface area (Å²) in [5, 5.41) is 5.39. The van der Waals surface area contributed by atoms with E-state index in [2.05, 4.69) is 20.6 Å². The van der Waals surface area contributed by atoms with Crippen molar-refractivity contribution in [2.24, 2.45) is 0 Å². The summed E-state index contributed by atoms with van der Waals surface area (Å²) in [5.41, 5.74) is 1.30. The summed E-state index contributed by atoms with van der Waals surface area (Å²) < 4.78 is 7.12. The van der Waals surface area contributed by atoms with Gasteiger partial charge in [0.25, 0.3) is 5.91 Å². The Hall–Kier alpha value is -3.68. The number of nitrogens with one attached hydrogen (secondary N) is 2. The van der Waals surface area contributed by atoms with Gasteiger partial charge in [-0.25, -0.2) is 9.97 Å². The normalized spacial score (nSPS) is 10.3. The van der Waals surface area contributed by atoms with Gasteiger partial charge in [0.15, 0.2) is 0 Å². The third kappa shape index (κ3) is 4.94. The molecule has 2 heterocycles. The Morgan fingerprint density at radius 3 is 2.64 bits per heavy atom. The molecule has 0 aliphatic carbocycles. The van der Waals surface area contributed by atoms with Crippen LogP contribution in [0.1, 0.15) is 22.8 Å². The number of rotatable bonds is 8. The Bertz CT molecular complexity index is 923. The second-order valence-corrected chi connectivity index (χ2v) is 5.87. The first kappa shape index (κ1) is 19.1. The van der Waals surface area contributed by atoms with Crippen LogP contribution in [0, 0.1) is 0 Å². The van der Waals surface area contributed by atoms with Crippen LogP contribution in [0.3, 0.4) is 0 Å². The average Bonchev–Trinajstić information content (AvgIpc) is 3.26. The van der Waals surface area contributed by atoms with E-state index < -0.39 is 0 Å². The van der Waals surface area contributed by atoms with Crippen molar-refractivity contribution >= 4 is 11.8 Å². The summed E-state index contributed by atoms with van der Waals surface area (Å²) in [6, 6.07) is 10.4. The van der Waals surface area contributed by atoms with Crippen molar-refractivity contribution in [3.8, 4) is 11.6 Å². The van der Waals surface area contributed by atoms with Gasteiger partial charge in [0, 0.05) is 36.3 Å². The number of hydrogen-bond acceptors (Lipinski definition) is 5. The maximum absolute atomic E-state index is 12.1. The molecule has 3 aromatic rings. The highest BCUT2D eigenvalue weighted by Crippen LogP contribution is 2.12. The number of carbonyl (C=O) groups is 2. The third-order valence-corrected chi connectivity index (χ3v) is 3.93. The fourth-order valence-electron chi connectivity index (χ4n) is 2.57. The molecular weight excluding hydrogens is 358 g/mol. The smallest absolute Gasteiger partial charge is 0.251 e. The number of ether oxygens (including phenoxy) is 1. The van der Waals surface area contributed by atoms with Crippen LogP contribution in [-0.4, -0.2) is 39.5 Å². The number of aromatic nitrogens is 3. The number of nitrogens with zero attached hydrogens (tertiary/aromatic N) is 3. The quantitative estimate of drug-likeness (QED) is 0.621. The fraction of sp³-hybridized carbons (Fsp3) is 0.200. The minimum Gasteiger partial charge on any atom is -0.494 e. The van der Waals surface area contributed by atoms with Crippen LogP contribution in [0.15, 0.2) is 61.3 Å².